The molecule has 0 aliphatic carbocycles. The van der Waals surface area contributed by atoms with Crippen LogP contribution in [0.25, 0.3) is 0 Å². The van der Waals surface area contributed by atoms with Gasteiger partial charge in [0.15, 0.2) is 0 Å². The number of rotatable bonds is 9. The molecule has 4 nitrogen and oxygen atoms in total. The summed E-state index contributed by atoms with van der Waals surface area (Å²) in [7, 11) is 1.61. The fourth-order valence-electron chi connectivity index (χ4n) is 1.02. The highest BCUT2D eigenvalue weighted by Crippen LogP contribution is 2.10. The average molecular weight is 218 g/mol. The maximum Gasteiger partial charge on any atom is 0.147 e. The first-order valence-corrected chi connectivity index (χ1v) is 5.12. The van der Waals surface area contributed by atoms with Crippen LogP contribution in [0.5, 0.6) is 0 Å². The highest BCUT2D eigenvalue weighted by atomic mass is 16.7. The molecule has 0 radical (unpaired) electrons. The second-order valence-corrected chi connectivity index (χ2v) is 3.48. The van der Waals surface area contributed by atoms with Crippen molar-refractivity contribution in [3.05, 3.63) is 12.7 Å². The molecule has 0 amide bonds. The average Bonchev–Trinajstić information content (AvgIpc) is 2.26. The van der Waals surface area contributed by atoms with Crippen molar-refractivity contribution < 1.29 is 19.3 Å². The van der Waals surface area contributed by atoms with Gasteiger partial charge in [-0.25, -0.2) is 0 Å². The Bertz CT molecular complexity index is 161. The third-order valence-electron chi connectivity index (χ3n) is 2.24. The molecule has 0 saturated heterocycles. The van der Waals surface area contributed by atoms with E-state index in [-0.39, 0.29) is 18.8 Å². The molecular weight excluding hydrogens is 196 g/mol. The van der Waals surface area contributed by atoms with Gasteiger partial charge in [-0.2, -0.15) is 0 Å². The van der Waals surface area contributed by atoms with Crippen LogP contribution >= 0.6 is 0 Å². The van der Waals surface area contributed by atoms with E-state index in [0.717, 1.165) is 0 Å². The first-order chi connectivity index (χ1) is 7.13. The Morgan fingerprint density at radius 3 is 2.53 bits per heavy atom. The molecular formula is C11H22O4. The molecule has 0 aliphatic rings. The van der Waals surface area contributed by atoms with Crippen LogP contribution in [0.15, 0.2) is 12.7 Å². The monoisotopic (exact) mass is 218 g/mol. The van der Waals surface area contributed by atoms with E-state index in [1.807, 2.05) is 13.8 Å². The van der Waals surface area contributed by atoms with Crippen LogP contribution in [-0.4, -0.2) is 44.4 Å². The quantitative estimate of drug-likeness (QED) is 0.359. The summed E-state index contributed by atoms with van der Waals surface area (Å²) in [5.74, 6) is 0.0129. The van der Waals surface area contributed by atoms with E-state index in [0.29, 0.717) is 13.2 Å². The van der Waals surface area contributed by atoms with Crippen molar-refractivity contribution in [2.75, 3.05) is 27.1 Å². The van der Waals surface area contributed by atoms with Crippen LogP contribution in [0.1, 0.15) is 13.8 Å². The lowest BCUT2D eigenvalue weighted by atomic mass is 10.0. The summed E-state index contributed by atoms with van der Waals surface area (Å²) in [5, 5.41) is 9.71. The molecule has 15 heavy (non-hydrogen) atoms. The predicted molar refractivity (Wildman–Crippen MR) is 58.6 cm³/mol. The zero-order valence-corrected chi connectivity index (χ0v) is 9.81. The number of ether oxygens (including phenoxy) is 3. The van der Waals surface area contributed by atoms with Crippen LogP contribution in [0, 0.1) is 5.92 Å². The lowest BCUT2D eigenvalue weighted by molar-refractivity contribution is -0.128. The minimum Gasteiger partial charge on any atom is -0.390 e. The van der Waals surface area contributed by atoms with E-state index in [2.05, 4.69) is 6.58 Å². The highest BCUT2D eigenvalue weighted by molar-refractivity contribution is 4.83. The highest BCUT2D eigenvalue weighted by Gasteiger charge is 2.19. The number of hydrogen-bond acceptors (Lipinski definition) is 4. The lowest BCUT2D eigenvalue weighted by Gasteiger charge is -2.22. The van der Waals surface area contributed by atoms with Gasteiger partial charge in [0, 0.05) is 13.0 Å². The molecule has 0 fully saturated rings. The van der Waals surface area contributed by atoms with E-state index < -0.39 is 6.10 Å². The Balaban J connectivity index is 3.55. The van der Waals surface area contributed by atoms with E-state index in [9.17, 15) is 5.11 Å². The Morgan fingerprint density at radius 1 is 1.33 bits per heavy atom. The Morgan fingerprint density at radius 2 is 2.00 bits per heavy atom. The van der Waals surface area contributed by atoms with Gasteiger partial charge in [-0.05, 0) is 6.92 Å². The molecule has 0 rings (SSSR count). The van der Waals surface area contributed by atoms with Crippen LogP contribution in [0.4, 0.5) is 0 Å². The molecule has 0 aromatic rings. The fraction of sp³-hybridized carbons (Fsp3) is 0.818. The zero-order valence-electron chi connectivity index (χ0n) is 9.81. The molecule has 0 aromatic carbocycles. The third kappa shape index (κ3) is 6.62. The Kier molecular flexibility index (Phi) is 8.61. The molecule has 0 spiro atoms. The third-order valence-corrected chi connectivity index (χ3v) is 2.24. The van der Waals surface area contributed by atoms with E-state index in [1.54, 1.807) is 13.2 Å². The van der Waals surface area contributed by atoms with Gasteiger partial charge < -0.3 is 19.3 Å². The second kappa shape index (κ2) is 8.85. The van der Waals surface area contributed by atoms with Crippen molar-refractivity contribution in [1.29, 1.82) is 0 Å². The number of aliphatic hydroxyl groups excluding tert-OH is 1. The number of hydrogen-bond donors (Lipinski definition) is 1. The normalized spacial score (nSPS) is 17.1. The van der Waals surface area contributed by atoms with Crippen molar-refractivity contribution in [2.45, 2.75) is 26.1 Å². The van der Waals surface area contributed by atoms with Gasteiger partial charge in [-0.3, -0.25) is 0 Å². The summed E-state index contributed by atoms with van der Waals surface area (Å²) in [4.78, 5) is 0. The molecule has 4 heteroatoms. The van der Waals surface area contributed by atoms with Gasteiger partial charge in [0.25, 0.3) is 0 Å². The van der Waals surface area contributed by atoms with Crippen LogP contribution in [-0.2, 0) is 14.2 Å². The van der Waals surface area contributed by atoms with Crippen LogP contribution in [0.3, 0.4) is 0 Å². The van der Waals surface area contributed by atoms with Gasteiger partial charge in [-0.15, -0.1) is 6.58 Å². The van der Waals surface area contributed by atoms with Gasteiger partial charge in [0.05, 0.1) is 25.4 Å². The summed E-state index contributed by atoms with van der Waals surface area (Å²) in [6.45, 7) is 8.54. The lowest BCUT2D eigenvalue weighted by Crippen LogP contribution is -2.31. The molecule has 0 bridgehead atoms. The molecule has 3 atom stereocenters. The Hall–Kier alpha value is -0.420. The first kappa shape index (κ1) is 14.6. The van der Waals surface area contributed by atoms with Gasteiger partial charge in [0.1, 0.15) is 6.79 Å². The molecule has 0 unspecified atom stereocenters. The minimum absolute atomic E-state index is 0.0129. The van der Waals surface area contributed by atoms with Crippen LogP contribution in [0.2, 0.25) is 0 Å². The van der Waals surface area contributed by atoms with Crippen molar-refractivity contribution in [3.8, 4) is 0 Å². The summed E-state index contributed by atoms with van der Waals surface area (Å²) in [6.07, 6.45) is 0.894. The molecule has 0 heterocycles. The minimum atomic E-state index is -0.548. The maximum atomic E-state index is 9.71. The second-order valence-electron chi connectivity index (χ2n) is 3.48. The van der Waals surface area contributed by atoms with Crippen LogP contribution < -0.4 is 0 Å². The topological polar surface area (TPSA) is 47.9 Å². The largest absolute Gasteiger partial charge is 0.390 e. The summed E-state index contributed by atoms with van der Waals surface area (Å²) < 4.78 is 15.2. The molecule has 0 saturated carbocycles. The van der Waals surface area contributed by atoms with E-state index >= 15 is 0 Å². The summed E-state index contributed by atoms with van der Waals surface area (Å²) in [5.41, 5.74) is 0. The fourth-order valence-corrected chi connectivity index (χ4v) is 1.02. The SMILES string of the molecule is C=C[C@H](C)[C@H](O)[C@@H](C)OCOCCOC. The van der Waals surface area contributed by atoms with Crippen molar-refractivity contribution >= 4 is 0 Å². The maximum absolute atomic E-state index is 9.71. The van der Waals surface area contributed by atoms with Gasteiger partial charge in [0.2, 0.25) is 0 Å². The van der Waals surface area contributed by atoms with Gasteiger partial charge in [-0.1, -0.05) is 13.0 Å². The molecule has 1 N–H and O–H groups in total. The zero-order chi connectivity index (χ0) is 11.7. The van der Waals surface area contributed by atoms with E-state index in [4.69, 9.17) is 14.2 Å². The first-order valence-electron chi connectivity index (χ1n) is 5.12. The smallest absolute Gasteiger partial charge is 0.147 e. The van der Waals surface area contributed by atoms with E-state index in [1.165, 1.54) is 0 Å². The Labute approximate surface area is 91.8 Å². The standard InChI is InChI=1S/C11H22O4/c1-5-9(2)11(12)10(3)15-8-14-7-6-13-4/h5,9-12H,1,6-8H2,2-4H3/t9-,10+,11-/m0/s1. The summed E-state index contributed by atoms with van der Waals surface area (Å²) in [6, 6.07) is 0. The molecule has 0 aromatic heterocycles. The molecule has 0 aliphatic heterocycles. The molecule has 90 valence electrons. The predicted octanol–water partition coefficient (Wildman–Crippen LogP) is 1.19. The van der Waals surface area contributed by atoms with Gasteiger partial charge >= 0.3 is 0 Å². The summed E-state index contributed by atoms with van der Waals surface area (Å²) >= 11 is 0. The van der Waals surface area contributed by atoms with Crippen molar-refractivity contribution in [3.63, 3.8) is 0 Å². The number of methoxy groups -OCH3 is 1. The van der Waals surface area contributed by atoms with Crippen molar-refractivity contribution in [1.82, 2.24) is 0 Å². The van der Waals surface area contributed by atoms with Crippen molar-refractivity contribution in [2.24, 2.45) is 5.92 Å². The number of aliphatic hydroxyl groups is 1.